The normalized spacial score (nSPS) is 9.84. The number of carboxylic acid groups (broad SMARTS) is 1. The highest BCUT2D eigenvalue weighted by atomic mass is 16.5. The molecule has 0 radical (unpaired) electrons. The highest BCUT2D eigenvalue weighted by molar-refractivity contribution is 5.66. The molecule has 0 aliphatic carbocycles. The average Bonchev–Trinajstić information content (AvgIpc) is 2.42. The van der Waals surface area contributed by atoms with Gasteiger partial charge in [-0.2, -0.15) is 0 Å². The van der Waals surface area contributed by atoms with Crippen molar-refractivity contribution in [2.24, 2.45) is 0 Å². The Bertz CT molecular complexity index is 404. The minimum atomic E-state index is -0.839. The highest BCUT2D eigenvalue weighted by Gasteiger charge is 2.13. The summed E-state index contributed by atoms with van der Waals surface area (Å²) in [6, 6.07) is 3.34. The van der Waals surface area contributed by atoms with E-state index in [2.05, 4.69) is 0 Å². The van der Waals surface area contributed by atoms with Crippen molar-refractivity contribution in [1.82, 2.24) is 0 Å². The number of carbonyl (C=O) groups is 1. The van der Waals surface area contributed by atoms with Crippen molar-refractivity contribution < 1.29 is 28.8 Å². The number of hydrogen-bond acceptors (Lipinski definition) is 5. The van der Waals surface area contributed by atoms with Gasteiger partial charge in [-0.15, -0.1) is 0 Å². The van der Waals surface area contributed by atoms with Crippen molar-refractivity contribution in [3.63, 3.8) is 0 Å². The number of hydrogen-bond donors (Lipinski definition) is 1. The first-order chi connectivity index (χ1) is 9.12. The van der Waals surface area contributed by atoms with Crippen LogP contribution in [-0.2, 0) is 4.79 Å². The molecule has 6 nitrogen and oxygen atoms in total. The number of aliphatic carboxylic acids is 1. The average molecular weight is 270 g/mol. The van der Waals surface area contributed by atoms with E-state index in [1.807, 2.05) is 0 Å². The molecule has 0 aliphatic rings. The highest BCUT2D eigenvalue weighted by Crippen LogP contribution is 2.40. The van der Waals surface area contributed by atoms with Gasteiger partial charge in [0.25, 0.3) is 0 Å². The zero-order valence-electron chi connectivity index (χ0n) is 11.3. The number of benzene rings is 1. The van der Waals surface area contributed by atoms with Crippen molar-refractivity contribution in [2.75, 3.05) is 27.9 Å². The summed E-state index contributed by atoms with van der Waals surface area (Å²) in [5.74, 6) is 1.18. The lowest BCUT2D eigenvalue weighted by Crippen LogP contribution is -2.03. The minimum Gasteiger partial charge on any atom is -0.493 e. The summed E-state index contributed by atoms with van der Waals surface area (Å²) in [7, 11) is 4.56. The first kappa shape index (κ1) is 14.9. The lowest BCUT2D eigenvalue weighted by Gasteiger charge is -2.14. The van der Waals surface area contributed by atoms with Crippen molar-refractivity contribution in [2.45, 2.75) is 12.8 Å². The monoisotopic (exact) mass is 270 g/mol. The number of ether oxygens (including phenoxy) is 4. The molecule has 6 heteroatoms. The molecule has 0 spiro atoms. The van der Waals surface area contributed by atoms with Gasteiger partial charge in [0.2, 0.25) is 5.75 Å². The molecule has 0 amide bonds. The van der Waals surface area contributed by atoms with Gasteiger partial charge in [-0.1, -0.05) is 0 Å². The Balaban J connectivity index is 2.76. The van der Waals surface area contributed by atoms with E-state index in [1.54, 1.807) is 12.1 Å². The van der Waals surface area contributed by atoms with Crippen LogP contribution in [0.15, 0.2) is 12.1 Å². The molecule has 0 unspecified atom stereocenters. The van der Waals surface area contributed by atoms with Crippen LogP contribution in [0.25, 0.3) is 0 Å². The van der Waals surface area contributed by atoms with Crippen LogP contribution < -0.4 is 18.9 Å². The maximum absolute atomic E-state index is 10.4. The molecule has 106 valence electrons. The van der Waals surface area contributed by atoms with E-state index in [1.165, 1.54) is 21.3 Å². The summed E-state index contributed by atoms with van der Waals surface area (Å²) in [5, 5.41) is 8.53. The SMILES string of the molecule is COc1cc(OCCCC(=O)O)cc(OC)c1OC. The number of rotatable bonds is 8. The lowest BCUT2D eigenvalue weighted by atomic mass is 10.2. The van der Waals surface area contributed by atoms with Crippen LogP contribution in [0.5, 0.6) is 23.0 Å². The van der Waals surface area contributed by atoms with Crippen LogP contribution in [0.1, 0.15) is 12.8 Å². The Morgan fingerprint density at radius 3 is 2.11 bits per heavy atom. The van der Waals surface area contributed by atoms with Gasteiger partial charge < -0.3 is 24.1 Å². The van der Waals surface area contributed by atoms with Crippen molar-refractivity contribution >= 4 is 5.97 Å². The van der Waals surface area contributed by atoms with E-state index in [4.69, 9.17) is 24.1 Å². The van der Waals surface area contributed by atoms with Crippen LogP contribution >= 0.6 is 0 Å². The molecule has 0 bridgehead atoms. The Hall–Kier alpha value is -2.11. The molecule has 0 fully saturated rings. The summed E-state index contributed by atoms with van der Waals surface area (Å²) in [6.07, 6.45) is 0.510. The molecule has 0 atom stereocenters. The fourth-order valence-corrected chi connectivity index (χ4v) is 1.55. The maximum atomic E-state index is 10.4. The standard InChI is InChI=1S/C13H18O6/c1-16-10-7-9(19-6-4-5-12(14)15)8-11(17-2)13(10)18-3/h7-8H,4-6H2,1-3H3,(H,14,15). The molecule has 1 aromatic carbocycles. The number of carboxylic acids is 1. The summed E-state index contributed by atoms with van der Waals surface area (Å²) >= 11 is 0. The molecule has 0 aromatic heterocycles. The first-order valence-corrected chi connectivity index (χ1v) is 5.77. The zero-order valence-corrected chi connectivity index (χ0v) is 11.3. The fourth-order valence-electron chi connectivity index (χ4n) is 1.55. The van der Waals surface area contributed by atoms with Gasteiger partial charge in [-0.3, -0.25) is 4.79 Å². The predicted octanol–water partition coefficient (Wildman–Crippen LogP) is 1.96. The van der Waals surface area contributed by atoms with E-state index < -0.39 is 5.97 Å². The first-order valence-electron chi connectivity index (χ1n) is 5.77. The zero-order chi connectivity index (χ0) is 14.3. The third-order valence-corrected chi connectivity index (χ3v) is 2.44. The second kappa shape index (κ2) is 7.35. The van der Waals surface area contributed by atoms with Gasteiger partial charge in [0.15, 0.2) is 11.5 Å². The summed E-state index contributed by atoms with van der Waals surface area (Å²) in [6.45, 7) is 0.310. The van der Waals surface area contributed by atoms with Crippen LogP contribution in [0.4, 0.5) is 0 Å². The second-order valence-corrected chi connectivity index (χ2v) is 3.71. The van der Waals surface area contributed by atoms with Crippen LogP contribution in [0.2, 0.25) is 0 Å². The molecule has 1 rings (SSSR count). The fraction of sp³-hybridized carbons (Fsp3) is 0.462. The van der Waals surface area contributed by atoms with Gasteiger partial charge in [0.05, 0.1) is 27.9 Å². The molecular formula is C13H18O6. The molecule has 19 heavy (non-hydrogen) atoms. The van der Waals surface area contributed by atoms with Crippen molar-refractivity contribution in [1.29, 1.82) is 0 Å². The van der Waals surface area contributed by atoms with E-state index in [0.29, 0.717) is 36.0 Å². The lowest BCUT2D eigenvalue weighted by molar-refractivity contribution is -0.137. The molecular weight excluding hydrogens is 252 g/mol. The van der Waals surface area contributed by atoms with Gasteiger partial charge >= 0.3 is 5.97 Å². The van der Waals surface area contributed by atoms with E-state index >= 15 is 0 Å². The quantitative estimate of drug-likeness (QED) is 0.728. The second-order valence-electron chi connectivity index (χ2n) is 3.71. The molecule has 1 aromatic rings. The third kappa shape index (κ3) is 4.24. The minimum absolute atomic E-state index is 0.0738. The van der Waals surface area contributed by atoms with Crippen molar-refractivity contribution in [3.8, 4) is 23.0 Å². The topological polar surface area (TPSA) is 74.2 Å². The van der Waals surface area contributed by atoms with E-state index in [9.17, 15) is 4.79 Å². The van der Waals surface area contributed by atoms with Gasteiger partial charge in [0.1, 0.15) is 5.75 Å². The Morgan fingerprint density at radius 2 is 1.68 bits per heavy atom. The summed E-state index contributed by atoms with van der Waals surface area (Å²) in [4.78, 5) is 10.4. The Morgan fingerprint density at radius 1 is 1.11 bits per heavy atom. The molecule has 0 saturated carbocycles. The Labute approximate surface area is 111 Å². The molecule has 0 aliphatic heterocycles. The summed E-state index contributed by atoms with van der Waals surface area (Å²) in [5.41, 5.74) is 0. The van der Waals surface area contributed by atoms with E-state index in [0.717, 1.165) is 0 Å². The van der Waals surface area contributed by atoms with Crippen LogP contribution in [0.3, 0.4) is 0 Å². The third-order valence-electron chi connectivity index (χ3n) is 2.44. The molecule has 0 saturated heterocycles. The smallest absolute Gasteiger partial charge is 0.303 e. The maximum Gasteiger partial charge on any atom is 0.303 e. The van der Waals surface area contributed by atoms with Crippen LogP contribution in [0, 0.1) is 0 Å². The largest absolute Gasteiger partial charge is 0.493 e. The number of methoxy groups -OCH3 is 3. The Kier molecular flexibility index (Phi) is 5.78. The van der Waals surface area contributed by atoms with Crippen molar-refractivity contribution in [3.05, 3.63) is 12.1 Å². The van der Waals surface area contributed by atoms with Gasteiger partial charge in [-0.25, -0.2) is 0 Å². The van der Waals surface area contributed by atoms with E-state index in [-0.39, 0.29) is 6.42 Å². The molecule has 1 N–H and O–H groups in total. The molecule has 0 heterocycles. The van der Waals surface area contributed by atoms with Gasteiger partial charge in [-0.05, 0) is 6.42 Å². The summed E-state index contributed by atoms with van der Waals surface area (Å²) < 4.78 is 21.0. The predicted molar refractivity (Wildman–Crippen MR) is 68.5 cm³/mol. The van der Waals surface area contributed by atoms with Crippen LogP contribution in [-0.4, -0.2) is 39.0 Å². The van der Waals surface area contributed by atoms with Gasteiger partial charge in [0, 0.05) is 18.6 Å².